The van der Waals surface area contributed by atoms with E-state index in [4.69, 9.17) is 33.2 Å². The van der Waals surface area contributed by atoms with Crippen LogP contribution in [0.4, 0.5) is 10.5 Å². The molecule has 2 atom stereocenters. The number of amides is 3. The van der Waals surface area contributed by atoms with E-state index in [1.165, 1.54) is 0 Å². The summed E-state index contributed by atoms with van der Waals surface area (Å²) < 4.78 is 6.08. The fourth-order valence-corrected chi connectivity index (χ4v) is 4.95. The van der Waals surface area contributed by atoms with Crippen molar-refractivity contribution < 1.29 is 14.3 Å². The summed E-state index contributed by atoms with van der Waals surface area (Å²) in [6.07, 6.45) is 0.201. The summed E-state index contributed by atoms with van der Waals surface area (Å²) in [4.78, 5) is 28.6. The van der Waals surface area contributed by atoms with Gasteiger partial charge in [0.1, 0.15) is 6.04 Å². The molecular weight excluding hydrogens is 473 g/mol. The Bertz CT molecular complexity index is 1280. The second-order valence-electron chi connectivity index (χ2n) is 8.31. The van der Waals surface area contributed by atoms with Crippen LogP contribution in [0.1, 0.15) is 17.5 Å². The van der Waals surface area contributed by atoms with Crippen molar-refractivity contribution in [3.63, 3.8) is 0 Å². The number of benzene rings is 3. The molecule has 2 saturated heterocycles. The maximum absolute atomic E-state index is 13.0. The van der Waals surface area contributed by atoms with E-state index in [0.29, 0.717) is 40.9 Å². The van der Waals surface area contributed by atoms with Crippen molar-refractivity contribution in [1.29, 1.82) is 5.26 Å². The van der Waals surface area contributed by atoms with Crippen LogP contribution in [0.2, 0.25) is 10.0 Å². The Balaban J connectivity index is 1.24. The number of anilines is 1. The lowest BCUT2D eigenvalue weighted by molar-refractivity contribution is -0.119. The van der Waals surface area contributed by atoms with Gasteiger partial charge in [-0.1, -0.05) is 53.5 Å². The number of carbonyl (C=O) groups is 2. The second kappa shape index (κ2) is 9.11. The Morgan fingerprint density at radius 2 is 1.71 bits per heavy atom. The third-order valence-corrected chi connectivity index (χ3v) is 6.51. The maximum atomic E-state index is 13.0. The molecule has 34 heavy (non-hydrogen) atoms. The molecule has 8 heteroatoms. The SMILES string of the molecule is N#Cc1ccc(-c2cccc(CO[C@H]3C[C@H]4C(=O)N(c5cc(Cl)cc(Cl)c5)C(=O)N4C3)c2)cc1. The lowest BCUT2D eigenvalue weighted by Crippen LogP contribution is -2.35. The van der Waals surface area contributed by atoms with Gasteiger partial charge in [-0.2, -0.15) is 5.26 Å². The van der Waals surface area contributed by atoms with Gasteiger partial charge in [0.25, 0.3) is 5.91 Å². The van der Waals surface area contributed by atoms with Crippen LogP contribution in [0, 0.1) is 11.3 Å². The molecular formula is C26H19Cl2N3O3. The topological polar surface area (TPSA) is 73.6 Å². The van der Waals surface area contributed by atoms with Crippen molar-refractivity contribution in [3.8, 4) is 17.2 Å². The van der Waals surface area contributed by atoms with Gasteiger partial charge in [0, 0.05) is 23.0 Å². The third kappa shape index (κ3) is 4.26. The van der Waals surface area contributed by atoms with E-state index < -0.39 is 6.04 Å². The molecule has 2 fully saturated rings. The number of imide groups is 1. The minimum Gasteiger partial charge on any atom is -0.372 e. The van der Waals surface area contributed by atoms with E-state index >= 15 is 0 Å². The van der Waals surface area contributed by atoms with Crippen molar-refractivity contribution in [2.24, 2.45) is 0 Å². The van der Waals surface area contributed by atoms with E-state index in [1.54, 1.807) is 35.2 Å². The first-order valence-corrected chi connectivity index (χ1v) is 11.5. The summed E-state index contributed by atoms with van der Waals surface area (Å²) in [5, 5.41) is 9.70. The van der Waals surface area contributed by atoms with Crippen molar-refractivity contribution in [1.82, 2.24) is 4.90 Å². The molecule has 2 aliphatic rings. The molecule has 3 aromatic rings. The Kier molecular flexibility index (Phi) is 6.01. The molecule has 6 nitrogen and oxygen atoms in total. The van der Waals surface area contributed by atoms with Gasteiger partial charge < -0.3 is 9.64 Å². The van der Waals surface area contributed by atoms with Crippen molar-refractivity contribution in [3.05, 3.63) is 87.9 Å². The summed E-state index contributed by atoms with van der Waals surface area (Å²) in [5.41, 5.74) is 4.02. The average molecular weight is 492 g/mol. The number of hydrogen-bond donors (Lipinski definition) is 0. The standard InChI is InChI=1S/C26H19Cl2N3O3/c27-20-9-21(28)11-22(10-20)31-25(32)24-12-23(14-30(24)26(31)33)34-15-17-2-1-3-19(8-17)18-6-4-16(13-29)5-7-18/h1-11,23-24H,12,14-15H2/t23-,24-/m0/s1. The molecule has 0 saturated carbocycles. The van der Waals surface area contributed by atoms with Gasteiger partial charge in [-0.25, -0.2) is 9.69 Å². The Hall–Kier alpha value is -3.37. The first-order valence-electron chi connectivity index (χ1n) is 10.7. The van der Waals surface area contributed by atoms with E-state index in [-0.39, 0.29) is 18.0 Å². The molecule has 0 radical (unpaired) electrons. The zero-order valence-electron chi connectivity index (χ0n) is 17.9. The number of carbonyl (C=O) groups excluding carboxylic acids is 2. The Labute approximate surface area is 206 Å². The number of fused-ring (bicyclic) bond motifs is 1. The van der Waals surface area contributed by atoms with Gasteiger partial charge >= 0.3 is 6.03 Å². The van der Waals surface area contributed by atoms with Gasteiger partial charge in [0.2, 0.25) is 0 Å². The first-order chi connectivity index (χ1) is 16.4. The summed E-state index contributed by atoms with van der Waals surface area (Å²) in [5.74, 6) is -0.294. The summed E-state index contributed by atoms with van der Waals surface area (Å²) in [6.45, 7) is 0.709. The van der Waals surface area contributed by atoms with Crippen LogP contribution in [-0.2, 0) is 16.1 Å². The lowest BCUT2D eigenvalue weighted by atomic mass is 10.0. The highest BCUT2D eigenvalue weighted by Gasteiger charge is 2.51. The average Bonchev–Trinajstić information content (AvgIpc) is 3.36. The van der Waals surface area contributed by atoms with Gasteiger partial charge in [0.05, 0.1) is 30.0 Å². The summed E-state index contributed by atoms with van der Waals surface area (Å²) in [7, 11) is 0. The number of rotatable bonds is 5. The molecule has 3 aromatic carbocycles. The molecule has 0 aromatic heterocycles. The first kappa shape index (κ1) is 22.4. The fraction of sp³-hybridized carbons (Fsp3) is 0.192. The van der Waals surface area contributed by atoms with Gasteiger partial charge in [0.15, 0.2) is 0 Å². The smallest absolute Gasteiger partial charge is 0.332 e. The predicted molar refractivity (Wildman–Crippen MR) is 130 cm³/mol. The molecule has 2 aliphatic heterocycles. The zero-order chi connectivity index (χ0) is 23.8. The van der Waals surface area contributed by atoms with Crippen LogP contribution in [0.3, 0.4) is 0 Å². The molecule has 0 aliphatic carbocycles. The van der Waals surface area contributed by atoms with Crippen LogP contribution < -0.4 is 4.90 Å². The molecule has 0 bridgehead atoms. The largest absolute Gasteiger partial charge is 0.372 e. The highest BCUT2D eigenvalue weighted by Crippen LogP contribution is 2.35. The number of urea groups is 1. The van der Waals surface area contributed by atoms with Crippen LogP contribution in [0.15, 0.2) is 66.7 Å². The molecule has 0 N–H and O–H groups in total. The molecule has 0 unspecified atom stereocenters. The van der Waals surface area contributed by atoms with Crippen LogP contribution in [-0.4, -0.2) is 35.5 Å². The fourth-order valence-electron chi connectivity index (χ4n) is 4.43. The quantitative estimate of drug-likeness (QED) is 0.431. The van der Waals surface area contributed by atoms with Crippen molar-refractivity contribution in [2.75, 3.05) is 11.4 Å². The van der Waals surface area contributed by atoms with Crippen molar-refractivity contribution >= 4 is 40.8 Å². The van der Waals surface area contributed by atoms with E-state index in [2.05, 4.69) is 6.07 Å². The zero-order valence-corrected chi connectivity index (χ0v) is 19.5. The van der Waals surface area contributed by atoms with Gasteiger partial charge in [-0.3, -0.25) is 4.79 Å². The van der Waals surface area contributed by atoms with E-state index in [1.807, 2.05) is 36.4 Å². The highest BCUT2D eigenvalue weighted by molar-refractivity contribution is 6.35. The third-order valence-electron chi connectivity index (χ3n) is 6.07. The summed E-state index contributed by atoms with van der Waals surface area (Å²) in [6, 6.07) is 21.2. The minimum atomic E-state index is -0.555. The van der Waals surface area contributed by atoms with Gasteiger partial charge in [-0.05, 0) is 53.1 Å². The van der Waals surface area contributed by atoms with E-state index in [0.717, 1.165) is 21.6 Å². The highest BCUT2D eigenvalue weighted by atomic mass is 35.5. The molecule has 0 spiro atoms. The second-order valence-corrected chi connectivity index (χ2v) is 9.18. The van der Waals surface area contributed by atoms with Crippen LogP contribution in [0.5, 0.6) is 0 Å². The van der Waals surface area contributed by atoms with Gasteiger partial charge in [-0.15, -0.1) is 0 Å². The number of ether oxygens (including phenoxy) is 1. The number of nitriles is 1. The molecule has 3 amide bonds. The van der Waals surface area contributed by atoms with Crippen LogP contribution in [0.25, 0.3) is 11.1 Å². The summed E-state index contributed by atoms with van der Waals surface area (Å²) >= 11 is 12.1. The van der Waals surface area contributed by atoms with Crippen molar-refractivity contribution in [2.45, 2.75) is 25.2 Å². The number of halogens is 2. The number of hydrogen-bond acceptors (Lipinski definition) is 4. The maximum Gasteiger partial charge on any atom is 0.332 e. The van der Waals surface area contributed by atoms with Crippen LogP contribution >= 0.6 is 23.2 Å². The monoisotopic (exact) mass is 491 g/mol. The molecule has 5 rings (SSSR count). The molecule has 170 valence electrons. The Morgan fingerprint density at radius 1 is 0.971 bits per heavy atom. The predicted octanol–water partition coefficient (Wildman–Crippen LogP) is 5.66. The number of nitrogens with zero attached hydrogens (tertiary/aromatic N) is 3. The minimum absolute atomic E-state index is 0.235. The Morgan fingerprint density at radius 3 is 2.38 bits per heavy atom. The lowest BCUT2D eigenvalue weighted by Gasteiger charge is -2.19. The normalized spacial score (nSPS) is 19.4. The molecule has 2 heterocycles. The van der Waals surface area contributed by atoms with E-state index in [9.17, 15) is 9.59 Å².